The Morgan fingerprint density at radius 2 is 2.03 bits per heavy atom. The first-order valence-corrected chi connectivity index (χ1v) is 13.4. The van der Waals surface area contributed by atoms with Gasteiger partial charge in [-0.15, -0.1) is 0 Å². The largest absolute Gasteiger partial charge is 0.462 e. The summed E-state index contributed by atoms with van der Waals surface area (Å²) >= 11 is 0. The monoisotopic (exact) mass is 552 g/mol. The van der Waals surface area contributed by atoms with Crippen molar-refractivity contribution in [2.45, 2.75) is 63.9 Å². The van der Waals surface area contributed by atoms with Gasteiger partial charge in [-0.05, 0) is 39.8 Å². The second-order valence-corrected chi connectivity index (χ2v) is 10.9. The maximum atomic E-state index is 15.8. The second kappa shape index (κ2) is 10.9. The summed E-state index contributed by atoms with van der Waals surface area (Å²) in [5.74, 6) is -0.535. The Labute approximate surface area is 218 Å². The van der Waals surface area contributed by atoms with Crippen LogP contribution in [0.15, 0.2) is 42.9 Å². The number of nitrogens with one attached hydrogen (secondary N) is 1. The predicted molar refractivity (Wildman–Crippen MR) is 134 cm³/mol. The van der Waals surface area contributed by atoms with Crippen LogP contribution in [0.1, 0.15) is 33.9 Å². The third-order valence-electron chi connectivity index (χ3n) is 5.74. The van der Waals surface area contributed by atoms with Gasteiger partial charge in [0.1, 0.15) is 29.5 Å². The summed E-state index contributed by atoms with van der Waals surface area (Å²) in [6.07, 6.45) is -2.07. The Morgan fingerprint density at radius 1 is 1.32 bits per heavy atom. The molecule has 1 saturated heterocycles. The van der Waals surface area contributed by atoms with Crippen LogP contribution in [0.3, 0.4) is 0 Å². The van der Waals surface area contributed by atoms with Crippen molar-refractivity contribution in [2.75, 3.05) is 12.3 Å². The van der Waals surface area contributed by atoms with Crippen LogP contribution in [0, 0.1) is 0 Å². The molecular weight excluding hydrogens is 522 g/mol. The van der Waals surface area contributed by atoms with Gasteiger partial charge in [0.2, 0.25) is 5.95 Å². The van der Waals surface area contributed by atoms with Crippen LogP contribution in [0.4, 0.5) is 10.3 Å². The van der Waals surface area contributed by atoms with Crippen molar-refractivity contribution in [2.24, 2.45) is 0 Å². The van der Waals surface area contributed by atoms with Crippen LogP contribution in [-0.2, 0) is 23.4 Å². The molecule has 6 atom stereocenters. The molecule has 206 valence electrons. The van der Waals surface area contributed by atoms with Gasteiger partial charge in [0.25, 0.3) is 0 Å². The number of benzene rings is 1. The molecule has 1 aromatic carbocycles. The van der Waals surface area contributed by atoms with Crippen molar-refractivity contribution in [1.29, 1.82) is 0 Å². The van der Waals surface area contributed by atoms with Gasteiger partial charge < -0.3 is 24.8 Å². The minimum atomic E-state index is -4.26. The van der Waals surface area contributed by atoms with Crippen LogP contribution in [-0.4, -0.2) is 67.2 Å². The highest BCUT2D eigenvalue weighted by atomic mass is 31.2. The highest BCUT2D eigenvalue weighted by molar-refractivity contribution is 7.52. The zero-order valence-electron chi connectivity index (χ0n) is 21.2. The SMILES string of the molecule is CC(C)OC(=O)C(C)N[P@](=O)(OC[C@H]1OC(n2cnc3cnc(N)nc32)[C@](C)(F)[C@@H]1O)Oc1ccccc1. The number of nitrogens with two attached hydrogens (primary N) is 1. The third-order valence-corrected chi connectivity index (χ3v) is 7.38. The van der Waals surface area contributed by atoms with E-state index in [1.54, 1.807) is 44.2 Å². The molecule has 0 aliphatic carbocycles. The summed E-state index contributed by atoms with van der Waals surface area (Å²) in [4.78, 5) is 24.4. The summed E-state index contributed by atoms with van der Waals surface area (Å²) in [5, 5.41) is 13.3. The molecule has 4 rings (SSSR count). The van der Waals surface area contributed by atoms with Gasteiger partial charge in [0.05, 0.1) is 25.2 Å². The molecule has 1 aliphatic heterocycles. The predicted octanol–water partition coefficient (Wildman–Crippen LogP) is 2.53. The number of aliphatic hydroxyl groups excluding tert-OH is 1. The lowest BCUT2D eigenvalue weighted by Crippen LogP contribution is -2.41. The number of ether oxygens (including phenoxy) is 2. The summed E-state index contributed by atoms with van der Waals surface area (Å²) in [6, 6.07) is 7.06. The van der Waals surface area contributed by atoms with E-state index in [2.05, 4.69) is 20.0 Å². The van der Waals surface area contributed by atoms with E-state index in [0.29, 0.717) is 5.52 Å². The Balaban J connectivity index is 1.54. The molecule has 15 heteroatoms. The molecule has 13 nitrogen and oxygen atoms in total. The van der Waals surface area contributed by atoms with Crippen molar-refractivity contribution in [3.63, 3.8) is 0 Å². The normalized spacial score (nSPS) is 25.8. The molecule has 1 fully saturated rings. The molecule has 38 heavy (non-hydrogen) atoms. The van der Waals surface area contributed by atoms with E-state index in [1.807, 2.05) is 0 Å². The van der Waals surface area contributed by atoms with Crippen molar-refractivity contribution in [3.05, 3.63) is 42.9 Å². The number of hydrogen-bond acceptors (Lipinski definition) is 11. The number of aliphatic hydroxyl groups is 1. The maximum Gasteiger partial charge on any atom is 0.459 e. The molecular formula is C23H30FN6O7P. The fraction of sp³-hybridized carbons (Fsp3) is 0.478. The van der Waals surface area contributed by atoms with E-state index >= 15 is 4.39 Å². The first kappa shape index (κ1) is 27.9. The van der Waals surface area contributed by atoms with Crippen molar-refractivity contribution in [3.8, 4) is 5.75 Å². The fourth-order valence-electron chi connectivity index (χ4n) is 3.87. The first-order valence-electron chi connectivity index (χ1n) is 11.8. The minimum absolute atomic E-state index is 0.0478. The number of hydrogen-bond donors (Lipinski definition) is 3. The van der Waals surface area contributed by atoms with Gasteiger partial charge in [-0.25, -0.2) is 18.9 Å². The molecule has 4 N–H and O–H groups in total. The molecule has 1 aliphatic rings. The quantitative estimate of drug-likeness (QED) is 0.248. The molecule has 2 aromatic heterocycles. The number of nitrogen functional groups attached to an aromatic ring is 1. The zero-order chi connectivity index (χ0) is 27.7. The average Bonchev–Trinajstić information content (AvgIpc) is 3.35. The molecule has 0 amide bonds. The molecule has 3 heterocycles. The minimum Gasteiger partial charge on any atom is -0.462 e. The summed E-state index contributed by atoms with van der Waals surface area (Å²) in [7, 11) is -4.26. The number of imidazole rings is 1. The summed E-state index contributed by atoms with van der Waals surface area (Å²) in [6.45, 7) is 5.38. The Hall–Kier alpha value is -3.16. The molecule has 2 unspecified atom stereocenters. The van der Waals surface area contributed by atoms with E-state index in [0.717, 1.165) is 6.92 Å². The summed E-state index contributed by atoms with van der Waals surface area (Å²) < 4.78 is 52.9. The number of para-hydroxylation sites is 1. The van der Waals surface area contributed by atoms with Crippen LogP contribution in [0.2, 0.25) is 0 Å². The molecule has 0 bridgehead atoms. The van der Waals surface area contributed by atoms with Crippen molar-refractivity contribution >= 4 is 30.8 Å². The number of carbonyl (C=O) groups is 1. The molecule has 0 saturated carbocycles. The zero-order valence-corrected chi connectivity index (χ0v) is 22.1. The lowest BCUT2D eigenvalue weighted by atomic mass is 9.98. The standard InChI is InChI=1S/C23H30FN6O7P/c1-13(2)35-20(32)14(3)29-38(33,37-15-8-6-5-7-9-15)34-11-17-18(31)23(4,24)21(36-17)30-12-27-16-10-26-22(25)28-19(16)30/h5-10,12-14,17-18,21,31H,11H2,1-4H3,(H,29,33)(H2,25,26,28)/t14?,17-,18-,21?,23-,38+/m1/s1. The maximum absolute atomic E-state index is 15.8. The van der Waals surface area contributed by atoms with Crippen LogP contribution >= 0.6 is 7.75 Å². The fourth-order valence-corrected chi connectivity index (χ4v) is 5.37. The first-order chi connectivity index (χ1) is 17.9. The molecule has 3 aromatic rings. The lowest BCUT2D eigenvalue weighted by molar-refractivity contribution is -0.149. The van der Waals surface area contributed by atoms with Crippen molar-refractivity contribution < 1.29 is 37.4 Å². The van der Waals surface area contributed by atoms with Crippen molar-refractivity contribution in [1.82, 2.24) is 24.6 Å². The average molecular weight is 553 g/mol. The van der Waals surface area contributed by atoms with Gasteiger partial charge in [-0.1, -0.05) is 18.2 Å². The van der Waals surface area contributed by atoms with Gasteiger partial charge in [0, 0.05) is 0 Å². The highest BCUT2D eigenvalue weighted by Gasteiger charge is 2.56. The number of nitrogens with zero attached hydrogens (tertiary/aromatic N) is 4. The van der Waals surface area contributed by atoms with E-state index in [1.165, 1.54) is 24.0 Å². The number of halogens is 1. The van der Waals surface area contributed by atoms with E-state index in [-0.39, 0.29) is 17.3 Å². The number of fused-ring (bicyclic) bond motifs is 1. The molecule has 0 radical (unpaired) electrons. The Bertz CT molecular complexity index is 1320. The number of anilines is 1. The number of rotatable bonds is 10. The topological polar surface area (TPSA) is 173 Å². The van der Waals surface area contributed by atoms with E-state index in [9.17, 15) is 14.5 Å². The highest BCUT2D eigenvalue weighted by Crippen LogP contribution is 2.48. The molecule has 0 spiro atoms. The second-order valence-electron chi connectivity index (χ2n) is 9.25. The van der Waals surface area contributed by atoms with Crippen LogP contribution in [0.5, 0.6) is 5.75 Å². The smallest absolute Gasteiger partial charge is 0.459 e. The third kappa shape index (κ3) is 5.94. The Kier molecular flexibility index (Phi) is 8.00. The van der Waals surface area contributed by atoms with E-state index in [4.69, 9.17) is 24.3 Å². The van der Waals surface area contributed by atoms with Gasteiger partial charge in [-0.3, -0.25) is 13.9 Å². The van der Waals surface area contributed by atoms with Gasteiger partial charge >= 0.3 is 13.7 Å². The number of alkyl halides is 1. The van der Waals surface area contributed by atoms with Crippen LogP contribution in [0.25, 0.3) is 11.2 Å². The lowest BCUT2D eigenvalue weighted by Gasteiger charge is -2.25. The summed E-state index contributed by atoms with van der Waals surface area (Å²) in [5.41, 5.74) is 3.89. The van der Waals surface area contributed by atoms with Gasteiger partial charge in [-0.2, -0.15) is 10.1 Å². The van der Waals surface area contributed by atoms with Gasteiger partial charge in [0.15, 0.2) is 17.5 Å². The number of carbonyl (C=O) groups excluding carboxylic acids is 1. The Morgan fingerprint density at radius 3 is 2.71 bits per heavy atom. The number of esters is 1. The van der Waals surface area contributed by atoms with E-state index < -0.39 is 56.6 Å². The van der Waals surface area contributed by atoms with Crippen LogP contribution < -0.4 is 15.3 Å². The number of aromatic nitrogens is 4.